The van der Waals surface area contributed by atoms with Crippen molar-refractivity contribution in [3.05, 3.63) is 16.1 Å². The molecule has 100 valence electrons. The third kappa shape index (κ3) is 4.79. The second-order valence-corrected chi connectivity index (χ2v) is 5.03. The maximum atomic E-state index is 4.81. The van der Waals surface area contributed by atoms with Gasteiger partial charge in [-0.3, -0.25) is 0 Å². The molecule has 17 heavy (non-hydrogen) atoms. The Bertz CT molecular complexity index is 246. The number of rotatable bonds is 6. The molecular weight excluding hydrogens is 226 g/mol. The standard InChI is InChI=1S/C13H23NS.C2H6/c1-5-10(6-2)12-9-15-13(14-12)11(7-3)8-4;1-2/h9-11H,5-8H2,1-4H3;1-2H3. The van der Waals surface area contributed by atoms with Crippen molar-refractivity contribution in [2.24, 2.45) is 0 Å². The first-order chi connectivity index (χ1) is 8.26. The van der Waals surface area contributed by atoms with Crippen LogP contribution in [0.15, 0.2) is 5.38 Å². The molecule has 0 saturated heterocycles. The average Bonchev–Trinajstić information content (AvgIpc) is 2.84. The molecule has 0 amide bonds. The lowest BCUT2D eigenvalue weighted by atomic mass is 10.0. The highest BCUT2D eigenvalue weighted by Crippen LogP contribution is 2.30. The van der Waals surface area contributed by atoms with E-state index in [1.54, 1.807) is 0 Å². The molecule has 1 heterocycles. The van der Waals surface area contributed by atoms with E-state index >= 15 is 0 Å². The minimum atomic E-state index is 0.671. The minimum absolute atomic E-state index is 0.671. The molecule has 0 aliphatic rings. The van der Waals surface area contributed by atoms with Crippen molar-refractivity contribution in [1.29, 1.82) is 0 Å². The first-order valence-electron chi connectivity index (χ1n) is 7.21. The Morgan fingerprint density at radius 2 is 1.41 bits per heavy atom. The lowest BCUT2D eigenvalue weighted by molar-refractivity contribution is 0.605. The first kappa shape index (κ1) is 16.6. The summed E-state index contributed by atoms with van der Waals surface area (Å²) in [5.41, 5.74) is 1.33. The quantitative estimate of drug-likeness (QED) is 0.609. The molecule has 0 aliphatic carbocycles. The van der Waals surface area contributed by atoms with Crippen LogP contribution in [0, 0.1) is 0 Å². The molecule has 0 aromatic carbocycles. The van der Waals surface area contributed by atoms with Gasteiger partial charge in [-0.1, -0.05) is 41.5 Å². The van der Waals surface area contributed by atoms with Crippen LogP contribution in [0.1, 0.15) is 89.8 Å². The zero-order chi connectivity index (χ0) is 13.3. The number of nitrogens with zero attached hydrogens (tertiary/aromatic N) is 1. The average molecular weight is 255 g/mol. The summed E-state index contributed by atoms with van der Waals surface area (Å²) in [5.74, 6) is 1.35. The van der Waals surface area contributed by atoms with E-state index in [0.29, 0.717) is 11.8 Å². The van der Waals surface area contributed by atoms with Crippen molar-refractivity contribution < 1.29 is 0 Å². The molecule has 1 nitrogen and oxygen atoms in total. The highest BCUT2D eigenvalue weighted by Gasteiger charge is 2.15. The summed E-state index contributed by atoms with van der Waals surface area (Å²) in [6, 6.07) is 0. The summed E-state index contributed by atoms with van der Waals surface area (Å²) >= 11 is 1.85. The fraction of sp³-hybridized carbons (Fsp3) is 0.800. The summed E-state index contributed by atoms with van der Waals surface area (Å²) < 4.78 is 0. The molecule has 0 radical (unpaired) electrons. The van der Waals surface area contributed by atoms with E-state index in [4.69, 9.17) is 4.98 Å². The van der Waals surface area contributed by atoms with E-state index in [1.807, 2.05) is 25.2 Å². The predicted molar refractivity (Wildman–Crippen MR) is 80.1 cm³/mol. The van der Waals surface area contributed by atoms with Gasteiger partial charge in [-0.2, -0.15) is 0 Å². The van der Waals surface area contributed by atoms with E-state index in [2.05, 4.69) is 33.1 Å². The Morgan fingerprint density at radius 1 is 0.941 bits per heavy atom. The molecule has 0 saturated carbocycles. The SMILES string of the molecule is CC.CCC(CC)c1csc(C(CC)CC)n1. The summed E-state index contributed by atoms with van der Waals surface area (Å²) in [7, 11) is 0. The van der Waals surface area contributed by atoms with Crippen LogP contribution in [-0.2, 0) is 0 Å². The van der Waals surface area contributed by atoms with Gasteiger partial charge < -0.3 is 0 Å². The van der Waals surface area contributed by atoms with Crippen LogP contribution in [0.4, 0.5) is 0 Å². The van der Waals surface area contributed by atoms with Gasteiger partial charge in [0.15, 0.2) is 0 Å². The molecule has 0 fully saturated rings. The molecule has 1 aromatic rings. The van der Waals surface area contributed by atoms with Crippen LogP contribution >= 0.6 is 11.3 Å². The first-order valence-corrected chi connectivity index (χ1v) is 8.09. The third-order valence-corrected chi connectivity index (χ3v) is 4.30. The van der Waals surface area contributed by atoms with Crippen molar-refractivity contribution in [3.8, 4) is 0 Å². The van der Waals surface area contributed by atoms with E-state index in [1.165, 1.54) is 36.4 Å². The summed E-state index contributed by atoms with van der Waals surface area (Å²) in [6.45, 7) is 13.0. The van der Waals surface area contributed by atoms with E-state index < -0.39 is 0 Å². The zero-order valence-corrected chi connectivity index (χ0v) is 13.2. The predicted octanol–water partition coefficient (Wildman–Crippen LogP) is 5.98. The Labute approximate surface area is 112 Å². The lowest BCUT2D eigenvalue weighted by Crippen LogP contribution is -1.99. The molecule has 0 atom stereocenters. The molecule has 0 bridgehead atoms. The van der Waals surface area contributed by atoms with Crippen molar-refractivity contribution in [2.45, 2.75) is 79.1 Å². The Hall–Kier alpha value is -0.370. The highest BCUT2D eigenvalue weighted by molar-refractivity contribution is 7.09. The largest absolute Gasteiger partial charge is 0.246 e. The number of hydrogen-bond acceptors (Lipinski definition) is 2. The van der Waals surface area contributed by atoms with Gasteiger partial charge >= 0.3 is 0 Å². The van der Waals surface area contributed by atoms with Gasteiger partial charge in [-0.05, 0) is 25.7 Å². The van der Waals surface area contributed by atoms with Crippen LogP contribution in [0.5, 0.6) is 0 Å². The van der Waals surface area contributed by atoms with Crippen molar-refractivity contribution >= 4 is 11.3 Å². The topological polar surface area (TPSA) is 12.9 Å². The van der Waals surface area contributed by atoms with E-state index in [0.717, 1.165) is 0 Å². The molecule has 0 N–H and O–H groups in total. The van der Waals surface area contributed by atoms with Gasteiger partial charge in [0, 0.05) is 17.2 Å². The highest BCUT2D eigenvalue weighted by atomic mass is 32.1. The molecule has 1 aromatic heterocycles. The summed E-state index contributed by atoms with van der Waals surface area (Å²) in [4.78, 5) is 4.81. The fourth-order valence-electron chi connectivity index (χ4n) is 2.02. The van der Waals surface area contributed by atoms with Gasteiger partial charge in [0.2, 0.25) is 0 Å². The van der Waals surface area contributed by atoms with Gasteiger partial charge in [-0.15, -0.1) is 11.3 Å². The minimum Gasteiger partial charge on any atom is -0.246 e. The molecule has 2 heteroatoms. The van der Waals surface area contributed by atoms with E-state index in [9.17, 15) is 0 Å². The van der Waals surface area contributed by atoms with Crippen LogP contribution in [0.3, 0.4) is 0 Å². The normalized spacial score (nSPS) is 10.6. The second kappa shape index (κ2) is 9.64. The fourth-order valence-corrected chi connectivity index (χ4v) is 3.19. The third-order valence-electron chi connectivity index (χ3n) is 3.28. The zero-order valence-electron chi connectivity index (χ0n) is 12.4. The Balaban J connectivity index is 0.00000121. The van der Waals surface area contributed by atoms with Crippen LogP contribution in [0.25, 0.3) is 0 Å². The molecule has 0 spiro atoms. The van der Waals surface area contributed by atoms with Gasteiger partial charge in [0.25, 0.3) is 0 Å². The second-order valence-electron chi connectivity index (χ2n) is 4.14. The molecular formula is C15H29NS. The summed E-state index contributed by atoms with van der Waals surface area (Å²) in [6.07, 6.45) is 4.85. The van der Waals surface area contributed by atoms with Crippen molar-refractivity contribution in [2.75, 3.05) is 0 Å². The summed E-state index contributed by atoms with van der Waals surface area (Å²) in [5, 5.41) is 3.62. The number of thiazole rings is 1. The molecule has 0 aliphatic heterocycles. The Kier molecular flexibility index (Phi) is 9.43. The van der Waals surface area contributed by atoms with Crippen LogP contribution in [-0.4, -0.2) is 4.98 Å². The lowest BCUT2D eigenvalue weighted by Gasteiger charge is -2.10. The van der Waals surface area contributed by atoms with Crippen molar-refractivity contribution in [3.63, 3.8) is 0 Å². The monoisotopic (exact) mass is 255 g/mol. The van der Waals surface area contributed by atoms with Crippen LogP contribution in [0.2, 0.25) is 0 Å². The maximum Gasteiger partial charge on any atom is 0.0959 e. The number of hydrogen-bond donors (Lipinski definition) is 0. The van der Waals surface area contributed by atoms with E-state index in [-0.39, 0.29) is 0 Å². The molecule has 1 rings (SSSR count). The Morgan fingerprint density at radius 3 is 1.82 bits per heavy atom. The van der Waals surface area contributed by atoms with Gasteiger partial charge in [0.05, 0.1) is 10.7 Å². The smallest absolute Gasteiger partial charge is 0.0959 e. The van der Waals surface area contributed by atoms with Crippen LogP contribution < -0.4 is 0 Å². The van der Waals surface area contributed by atoms with Gasteiger partial charge in [-0.25, -0.2) is 4.98 Å². The van der Waals surface area contributed by atoms with Crippen molar-refractivity contribution in [1.82, 2.24) is 4.98 Å². The maximum absolute atomic E-state index is 4.81. The van der Waals surface area contributed by atoms with Gasteiger partial charge in [0.1, 0.15) is 0 Å². The number of aromatic nitrogens is 1. The molecule has 0 unspecified atom stereocenters.